The van der Waals surface area contributed by atoms with Crippen molar-refractivity contribution in [1.29, 1.82) is 0 Å². The SMILES string of the molecule is O=C1CCCCC(=O)N1Cc1ccc(F)c(Br)c1. The van der Waals surface area contributed by atoms with E-state index in [1.807, 2.05) is 0 Å². The number of hydrogen-bond donors (Lipinski definition) is 0. The van der Waals surface area contributed by atoms with Gasteiger partial charge < -0.3 is 0 Å². The molecule has 96 valence electrons. The Morgan fingerprint density at radius 3 is 2.33 bits per heavy atom. The highest BCUT2D eigenvalue weighted by atomic mass is 79.9. The first kappa shape index (κ1) is 13.2. The summed E-state index contributed by atoms with van der Waals surface area (Å²) in [5.41, 5.74) is 0.742. The standard InChI is InChI=1S/C13H13BrFNO2/c14-10-7-9(5-6-11(10)15)8-16-12(17)3-1-2-4-13(16)18/h5-7H,1-4,8H2. The third-order valence-corrected chi connectivity index (χ3v) is 3.57. The van der Waals surface area contributed by atoms with Gasteiger partial charge in [0.25, 0.3) is 0 Å². The molecule has 0 atom stereocenters. The number of amides is 2. The first-order valence-electron chi connectivity index (χ1n) is 5.85. The highest BCUT2D eigenvalue weighted by Gasteiger charge is 2.24. The molecule has 1 aromatic carbocycles. The van der Waals surface area contributed by atoms with Crippen molar-refractivity contribution >= 4 is 27.7 Å². The topological polar surface area (TPSA) is 37.4 Å². The lowest BCUT2D eigenvalue weighted by Gasteiger charge is -2.18. The van der Waals surface area contributed by atoms with E-state index in [1.54, 1.807) is 12.1 Å². The predicted octanol–water partition coefficient (Wildman–Crippen LogP) is 3.02. The van der Waals surface area contributed by atoms with Gasteiger partial charge in [-0.1, -0.05) is 6.07 Å². The quantitative estimate of drug-likeness (QED) is 0.787. The molecular weight excluding hydrogens is 301 g/mol. The minimum atomic E-state index is -0.354. The van der Waals surface area contributed by atoms with Crippen LogP contribution in [0.5, 0.6) is 0 Å². The molecule has 1 saturated heterocycles. The van der Waals surface area contributed by atoms with Crippen LogP contribution in [0.15, 0.2) is 22.7 Å². The lowest BCUT2D eigenvalue weighted by molar-refractivity contribution is -0.144. The van der Waals surface area contributed by atoms with Crippen LogP contribution in [-0.4, -0.2) is 16.7 Å². The van der Waals surface area contributed by atoms with Gasteiger partial charge in [-0.05, 0) is 46.5 Å². The maximum Gasteiger partial charge on any atom is 0.229 e. The van der Waals surface area contributed by atoms with Crippen LogP contribution in [0.4, 0.5) is 4.39 Å². The van der Waals surface area contributed by atoms with Crippen molar-refractivity contribution in [3.63, 3.8) is 0 Å². The van der Waals surface area contributed by atoms with Gasteiger partial charge in [-0.25, -0.2) is 4.39 Å². The maximum atomic E-state index is 13.1. The Morgan fingerprint density at radius 2 is 1.78 bits per heavy atom. The number of carbonyl (C=O) groups is 2. The number of benzene rings is 1. The molecule has 0 N–H and O–H groups in total. The fourth-order valence-electron chi connectivity index (χ4n) is 1.96. The molecule has 1 fully saturated rings. The summed E-state index contributed by atoms with van der Waals surface area (Å²) in [6.45, 7) is 0.219. The molecule has 0 unspecified atom stereocenters. The number of hydrogen-bond acceptors (Lipinski definition) is 2. The number of imide groups is 1. The third kappa shape index (κ3) is 2.96. The fourth-order valence-corrected chi connectivity index (χ4v) is 2.38. The molecule has 18 heavy (non-hydrogen) atoms. The van der Waals surface area contributed by atoms with Crippen LogP contribution >= 0.6 is 15.9 Å². The summed E-state index contributed by atoms with van der Waals surface area (Å²) in [7, 11) is 0. The van der Waals surface area contributed by atoms with Gasteiger partial charge >= 0.3 is 0 Å². The van der Waals surface area contributed by atoms with E-state index in [0.717, 1.165) is 18.4 Å². The van der Waals surface area contributed by atoms with Crippen molar-refractivity contribution in [3.8, 4) is 0 Å². The molecule has 0 aromatic heterocycles. The van der Waals surface area contributed by atoms with E-state index in [9.17, 15) is 14.0 Å². The average Bonchev–Trinajstić information content (AvgIpc) is 2.49. The lowest BCUT2D eigenvalue weighted by atomic mass is 10.2. The molecule has 2 rings (SSSR count). The number of carbonyl (C=O) groups excluding carboxylic acids is 2. The van der Waals surface area contributed by atoms with Crippen molar-refractivity contribution in [2.24, 2.45) is 0 Å². The Hall–Kier alpha value is -1.23. The van der Waals surface area contributed by atoms with E-state index >= 15 is 0 Å². The van der Waals surface area contributed by atoms with Crippen molar-refractivity contribution in [3.05, 3.63) is 34.1 Å². The van der Waals surface area contributed by atoms with Gasteiger partial charge in [0.05, 0.1) is 11.0 Å². The fraction of sp³-hybridized carbons (Fsp3) is 0.385. The second-order valence-electron chi connectivity index (χ2n) is 4.33. The molecule has 0 radical (unpaired) electrons. The van der Waals surface area contributed by atoms with Gasteiger partial charge in [-0.3, -0.25) is 14.5 Å². The van der Waals surface area contributed by atoms with Crippen molar-refractivity contribution in [2.45, 2.75) is 32.2 Å². The highest BCUT2D eigenvalue weighted by molar-refractivity contribution is 9.10. The molecule has 2 amide bonds. The summed E-state index contributed by atoms with van der Waals surface area (Å²) in [6.07, 6.45) is 2.34. The minimum Gasteiger partial charge on any atom is -0.278 e. The van der Waals surface area contributed by atoms with Crippen LogP contribution in [0, 0.1) is 5.82 Å². The van der Waals surface area contributed by atoms with E-state index in [1.165, 1.54) is 11.0 Å². The molecule has 0 bridgehead atoms. The Bertz CT molecular complexity index is 472. The van der Waals surface area contributed by atoms with E-state index in [-0.39, 0.29) is 24.2 Å². The number of rotatable bonds is 2. The first-order chi connectivity index (χ1) is 8.58. The number of nitrogens with zero attached hydrogens (tertiary/aromatic N) is 1. The summed E-state index contributed by atoms with van der Waals surface area (Å²) in [4.78, 5) is 24.9. The van der Waals surface area contributed by atoms with Crippen LogP contribution in [0.2, 0.25) is 0 Å². The van der Waals surface area contributed by atoms with Gasteiger partial charge in [0, 0.05) is 12.8 Å². The summed E-state index contributed by atoms with van der Waals surface area (Å²) >= 11 is 3.09. The highest BCUT2D eigenvalue weighted by Crippen LogP contribution is 2.20. The molecule has 0 spiro atoms. The number of halogens is 2. The predicted molar refractivity (Wildman–Crippen MR) is 68.1 cm³/mol. The molecule has 0 saturated carbocycles. The zero-order valence-corrected chi connectivity index (χ0v) is 11.4. The second-order valence-corrected chi connectivity index (χ2v) is 5.18. The normalized spacial score (nSPS) is 16.9. The molecule has 1 aliphatic heterocycles. The molecule has 0 aliphatic carbocycles. The zero-order valence-electron chi connectivity index (χ0n) is 9.79. The number of likely N-dealkylation sites (tertiary alicyclic amines) is 1. The van der Waals surface area contributed by atoms with E-state index < -0.39 is 0 Å². The molecule has 1 aromatic rings. The van der Waals surface area contributed by atoms with Gasteiger partial charge in [-0.2, -0.15) is 0 Å². The summed E-state index contributed by atoms with van der Waals surface area (Å²) in [5.74, 6) is -0.636. The van der Waals surface area contributed by atoms with Crippen molar-refractivity contribution in [2.75, 3.05) is 0 Å². The van der Waals surface area contributed by atoms with Crippen LogP contribution in [0.25, 0.3) is 0 Å². The van der Waals surface area contributed by atoms with Crippen LogP contribution < -0.4 is 0 Å². The van der Waals surface area contributed by atoms with Crippen LogP contribution in [-0.2, 0) is 16.1 Å². The van der Waals surface area contributed by atoms with E-state index in [4.69, 9.17) is 0 Å². The summed E-state index contributed by atoms with van der Waals surface area (Å²) < 4.78 is 13.4. The summed E-state index contributed by atoms with van der Waals surface area (Å²) in [5, 5.41) is 0. The second kappa shape index (κ2) is 5.61. The largest absolute Gasteiger partial charge is 0.278 e. The Kier molecular flexibility index (Phi) is 4.11. The summed E-state index contributed by atoms with van der Waals surface area (Å²) in [6, 6.07) is 4.51. The van der Waals surface area contributed by atoms with Gasteiger partial charge in [0.1, 0.15) is 5.82 Å². The molecular formula is C13H13BrFNO2. The van der Waals surface area contributed by atoms with Gasteiger partial charge in [0.2, 0.25) is 11.8 Å². The monoisotopic (exact) mass is 313 g/mol. The zero-order chi connectivity index (χ0) is 13.1. The van der Waals surface area contributed by atoms with Crippen molar-refractivity contribution < 1.29 is 14.0 Å². The molecule has 1 aliphatic rings. The van der Waals surface area contributed by atoms with Gasteiger partial charge in [0.15, 0.2) is 0 Å². The molecule has 3 nitrogen and oxygen atoms in total. The lowest BCUT2D eigenvalue weighted by Crippen LogP contribution is -2.34. The average molecular weight is 314 g/mol. The Balaban J connectivity index is 2.17. The Labute approximate surface area is 113 Å². The first-order valence-corrected chi connectivity index (χ1v) is 6.64. The Morgan fingerprint density at radius 1 is 1.17 bits per heavy atom. The van der Waals surface area contributed by atoms with Crippen LogP contribution in [0.1, 0.15) is 31.2 Å². The van der Waals surface area contributed by atoms with Crippen molar-refractivity contribution in [1.82, 2.24) is 4.90 Å². The molecule has 5 heteroatoms. The van der Waals surface area contributed by atoms with E-state index in [0.29, 0.717) is 17.3 Å². The van der Waals surface area contributed by atoms with Crippen LogP contribution in [0.3, 0.4) is 0 Å². The minimum absolute atomic E-state index is 0.141. The third-order valence-electron chi connectivity index (χ3n) is 2.96. The van der Waals surface area contributed by atoms with E-state index in [2.05, 4.69) is 15.9 Å². The maximum absolute atomic E-state index is 13.1. The molecule has 1 heterocycles. The van der Waals surface area contributed by atoms with Gasteiger partial charge in [-0.15, -0.1) is 0 Å². The smallest absolute Gasteiger partial charge is 0.229 e.